The standard InChI is InChI=1S/C25H21ClN2O2S/c1-2-15-28-21-16-18(24(29)27-14-13-17-7-10-19(26)11-8-17)9-12-23(21)31-22-6-4-3-5-20(22)25(28)30/h2-12,16H,1,13-15H2,(H,27,29). The van der Waals surface area contributed by atoms with Gasteiger partial charge in [-0.15, -0.1) is 6.58 Å². The van der Waals surface area contributed by atoms with E-state index in [1.54, 1.807) is 23.1 Å². The quantitative estimate of drug-likeness (QED) is 0.498. The van der Waals surface area contributed by atoms with E-state index in [1.807, 2.05) is 54.6 Å². The van der Waals surface area contributed by atoms with Crippen molar-refractivity contribution in [3.05, 3.63) is 101 Å². The second-order valence-electron chi connectivity index (χ2n) is 7.12. The number of amides is 2. The molecule has 0 spiro atoms. The maximum atomic E-state index is 13.2. The molecule has 0 aliphatic carbocycles. The van der Waals surface area contributed by atoms with Crippen molar-refractivity contribution in [3.63, 3.8) is 0 Å². The molecular formula is C25H21ClN2O2S. The predicted octanol–water partition coefficient (Wildman–Crippen LogP) is 5.61. The van der Waals surface area contributed by atoms with E-state index in [0.717, 1.165) is 21.0 Å². The molecule has 2 amide bonds. The summed E-state index contributed by atoms with van der Waals surface area (Å²) in [5.41, 5.74) is 2.99. The number of hydrogen-bond acceptors (Lipinski definition) is 3. The Morgan fingerprint density at radius 2 is 1.84 bits per heavy atom. The fourth-order valence-electron chi connectivity index (χ4n) is 3.45. The predicted molar refractivity (Wildman–Crippen MR) is 126 cm³/mol. The molecule has 4 nitrogen and oxygen atoms in total. The van der Waals surface area contributed by atoms with Gasteiger partial charge in [0, 0.05) is 33.5 Å². The summed E-state index contributed by atoms with van der Waals surface area (Å²) in [6, 6.07) is 20.6. The first kappa shape index (κ1) is 21.2. The Bertz CT molecular complexity index is 1140. The van der Waals surface area contributed by atoms with Crippen LogP contribution < -0.4 is 10.2 Å². The minimum Gasteiger partial charge on any atom is -0.352 e. The fourth-order valence-corrected chi connectivity index (χ4v) is 4.63. The number of carbonyl (C=O) groups excluding carboxylic acids is 2. The van der Waals surface area contributed by atoms with Crippen LogP contribution in [0.15, 0.2) is 89.2 Å². The smallest absolute Gasteiger partial charge is 0.259 e. The number of fused-ring (bicyclic) bond motifs is 2. The fraction of sp³-hybridized carbons (Fsp3) is 0.120. The summed E-state index contributed by atoms with van der Waals surface area (Å²) in [4.78, 5) is 29.4. The van der Waals surface area contributed by atoms with Crippen molar-refractivity contribution in [2.75, 3.05) is 18.0 Å². The van der Waals surface area contributed by atoms with Gasteiger partial charge in [0.25, 0.3) is 11.8 Å². The first-order valence-corrected chi connectivity index (χ1v) is 11.1. The van der Waals surface area contributed by atoms with Crippen LogP contribution in [0, 0.1) is 0 Å². The summed E-state index contributed by atoms with van der Waals surface area (Å²) in [5, 5.41) is 3.65. The van der Waals surface area contributed by atoms with Crippen LogP contribution in [0.25, 0.3) is 0 Å². The zero-order valence-electron chi connectivity index (χ0n) is 16.8. The number of carbonyl (C=O) groups is 2. The van der Waals surface area contributed by atoms with Crippen LogP contribution in [0.3, 0.4) is 0 Å². The summed E-state index contributed by atoms with van der Waals surface area (Å²) >= 11 is 7.45. The second-order valence-corrected chi connectivity index (χ2v) is 8.64. The van der Waals surface area contributed by atoms with Crippen molar-refractivity contribution in [3.8, 4) is 0 Å². The van der Waals surface area contributed by atoms with Crippen molar-refractivity contribution in [1.82, 2.24) is 5.32 Å². The lowest BCUT2D eigenvalue weighted by atomic mass is 10.1. The molecule has 0 atom stereocenters. The number of benzene rings is 3. The van der Waals surface area contributed by atoms with E-state index >= 15 is 0 Å². The SMILES string of the molecule is C=CCN1C(=O)c2ccccc2Sc2ccc(C(=O)NCCc3ccc(Cl)cc3)cc21. The summed E-state index contributed by atoms with van der Waals surface area (Å²) in [6.45, 7) is 4.66. The third kappa shape index (κ3) is 4.68. The zero-order valence-corrected chi connectivity index (χ0v) is 18.4. The molecule has 1 heterocycles. The zero-order chi connectivity index (χ0) is 21.8. The van der Waals surface area contributed by atoms with Gasteiger partial charge in [0.05, 0.1) is 11.3 Å². The van der Waals surface area contributed by atoms with E-state index in [9.17, 15) is 9.59 Å². The van der Waals surface area contributed by atoms with Gasteiger partial charge in [0.2, 0.25) is 0 Å². The number of nitrogens with zero attached hydrogens (tertiary/aromatic N) is 1. The minimum absolute atomic E-state index is 0.0953. The maximum Gasteiger partial charge on any atom is 0.259 e. The Balaban J connectivity index is 1.55. The molecule has 0 saturated heterocycles. The molecule has 1 aliphatic rings. The van der Waals surface area contributed by atoms with Gasteiger partial charge in [-0.3, -0.25) is 9.59 Å². The molecule has 0 saturated carbocycles. The van der Waals surface area contributed by atoms with E-state index < -0.39 is 0 Å². The average Bonchev–Trinajstić information content (AvgIpc) is 2.90. The van der Waals surface area contributed by atoms with Crippen molar-refractivity contribution in [2.24, 2.45) is 0 Å². The van der Waals surface area contributed by atoms with Gasteiger partial charge in [-0.25, -0.2) is 0 Å². The van der Waals surface area contributed by atoms with Gasteiger partial charge in [0.1, 0.15) is 0 Å². The lowest BCUT2D eigenvalue weighted by Gasteiger charge is -2.22. The molecular weight excluding hydrogens is 428 g/mol. The summed E-state index contributed by atoms with van der Waals surface area (Å²) in [5.74, 6) is -0.267. The molecule has 31 heavy (non-hydrogen) atoms. The van der Waals surface area contributed by atoms with Crippen LogP contribution in [0.5, 0.6) is 0 Å². The number of hydrogen-bond donors (Lipinski definition) is 1. The topological polar surface area (TPSA) is 49.4 Å². The van der Waals surface area contributed by atoms with Crippen LogP contribution in [0.1, 0.15) is 26.3 Å². The molecule has 1 N–H and O–H groups in total. The Morgan fingerprint density at radius 3 is 2.61 bits per heavy atom. The number of rotatable bonds is 6. The molecule has 6 heteroatoms. The minimum atomic E-state index is -0.172. The van der Waals surface area contributed by atoms with Gasteiger partial charge < -0.3 is 10.2 Å². The van der Waals surface area contributed by atoms with Crippen LogP contribution in [0.2, 0.25) is 5.02 Å². The van der Waals surface area contributed by atoms with E-state index in [4.69, 9.17) is 11.6 Å². The van der Waals surface area contributed by atoms with E-state index in [0.29, 0.717) is 35.7 Å². The van der Waals surface area contributed by atoms with Gasteiger partial charge in [0.15, 0.2) is 0 Å². The highest BCUT2D eigenvalue weighted by Crippen LogP contribution is 2.41. The molecule has 0 radical (unpaired) electrons. The maximum absolute atomic E-state index is 13.2. The average molecular weight is 449 g/mol. The first-order valence-electron chi connectivity index (χ1n) is 9.93. The summed E-state index contributed by atoms with van der Waals surface area (Å²) in [7, 11) is 0. The van der Waals surface area contributed by atoms with Gasteiger partial charge in [-0.05, 0) is 54.4 Å². The third-order valence-electron chi connectivity index (χ3n) is 5.02. The first-order chi connectivity index (χ1) is 15.1. The number of nitrogens with one attached hydrogen (secondary N) is 1. The lowest BCUT2D eigenvalue weighted by molar-refractivity contribution is 0.0950. The normalized spacial score (nSPS) is 12.5. The Kier molecular flexibility index (Phi) is 6.44. The van der Waals surface area contributed by atoms with Crippen LogP contribution >= 0.6 is 23.4 Å². The van der Waals surface area contributed by atoms with Crippen LogP contribution in [-0.2, 0) is 6.42 Å². The van der Waals surface area contributed by atoms with Crippen LogP contribution in [-0.4, -0.2) is 24.9 Å². The molecule has 1 aliphatic heterocycles. The van der Waals surface area contributed by atoms with Gasteiger partial charge in [-0.2, -0.15) is 0 Å². The third-order valence-corrected chi connectivity index (χ3v) is 6.41. The molecule has 0 fully saturated rings. The van der Waals surface area contributed by atoms with Crippen molar-refractivity contribution in [1.29, 1.82) is 0 Å². The molecule has 0 unspecified atom stereocenters. The van der Waals surface area contributed by atoms with Crippen LogP contribution in [0.4, 0.5) is 5.69 Å². The van der Waals surface area contributed by atoms with E-state index in [2.05, 4.69) is 11.9 Å². The van der Waals surface area contributed by atoms with Gasteiger partial charge >= 0.3 is 0 Å². The van der Waals surface area contributed by atoms with Gasteiger partial charge in [-0.1, -0.05) is 53.7 Å². The van der Waals surface area contributed by atoms with Crippen molar-refractivity contribution in [2.45, 2.75) is 16.2 Å². The highest BCUT2D eigenvalue weighted by molar-refractivity contribution is 7.99. The molecule has 3 aromatic carbocycles. The Morgan fingerprint density at radius 1 is 1.06 bits per heavy atom. The molecule has 4 rings (SSSR count). The molecule has 0 bridgehead atoms. The van der Waals surface area contributed by atoms with E-state index in [-0.39, 0.29) is 11.8 Å². The molecule has 0 aromatic heterocycles. The number of anilines is 1. The Hall–Kier alpha value is -3.02. The monoisotopic (exact) mass is 448 g/mol. The highest BCUT2D eigenvalue weighted by atomic mass is 35.5. The summed E-state index contributed by atoms with van der Waals surface area (Å²) in [6.07, 6.45) is 2.40. The Labute approximate surface area is 190 Å². The number of halogens is 1. The highest BCUT2D eigenvalue weighted by Gasteiger charge is 2.27. The lowest BCUT2D eigenvalue weighted by Crippen LogP contribution is -2.31. The van der Waals surface area contributed by atoms with Crippen molar-refractivity contribution >= 4 is 40.9 Å². The largest absolute Gasteiger partial charge is 0.352 e. The molecule has 3 aromatic rings. The van der Waals surface area contributed by atoms with Crippen molar-refractivity contribution < 1.29 is 9.59 Å². The second kappa shape index (κ2) is 9.41. The molecule has 156 valence electrons. The summed E-state index contributed by atoms with van der Waals surface area (Å²) < 4.78 is 0. The van der Waals surface area contributed by atoms with E-state index in [1.165, 1.54) is 11.8 Å².